The molecule has 0 spiro atoms. The van der Waals surface area contributed by atoms with Gasteiger partial charge in [0.05, 0.1) is 6.61 Å². The summed E-state index contributed by atoms with van der Waals surface area (Å²) < 4.78 is 4.96. The number of carboxylic acid groups (broad SMARTS) is 1. The third-order valence-electron chi connectivity index (χ3n) is 2.02. The number of ether oxygens (including phenoxy) is 1. The number of aliphatic hydroxyl groups excluding tert-OH is 1. The van der Waals surface area contributed by atoms with E-state index in [-0.39, 0.29) is 6.42 Å². The van der Waals surface area contributed by atoms with E-state index in [1.165, 1.54) is 0 Å². The Morgan fingerprint density at radius 1 is 1.47 bits per heavy atom. The van der Waals surface area contributed by atoms with Gasteiger partial charge in [-0.3, -0.25) is 0 Å². The lowest BCUT2D eigenvalue weighted by molar-refractivity contribution is -0.146. The standard InChI is InChI=1S/C11H14O4/c1-15-7-9-4-2-3-8(5-9)6-10(12)11(13)14/h2-5,10,12H,6-7H2,1H3,(H,13,14). The van der Waals surface area contributed by atoms with Gasteiger partial charge in [0.1, 0.15) is 0 Å². The molecule has 82 valence electrons. The van der Waals surface area contributed by atoms with Crippen LogP contribution in [-0.2, 0) is 22.6 Å². The van der Waals surface area contributed by atoms with Crippen LogP contribution in [-0.4, -0.2) is 29.4 Å². The van der Waals surface area contributed by atoms with E-state index in [1.54, 1.807) is 13.2 Å². The first kappa shape index (κ1) is 11.7. The van der Waals surface area contributed by atoms with Crippen molar-refractivity contribution in [3.8, 4) is 0 Å². The first-order valence-corrected chi connectivity index (χ1v) is 4.61. The zero-order valence-corrected chi connectivity index (χ0v) is 8.51. The second-order valence-electron chi connectivity index (χ2n) is 3.31. The van der Waals surface area contributed by atoms with Crippen molar-refractivity contribution in [2.24, 2.45) is 0 Å². The Hall–Kier alpha value is -1.39. The summed E-state index contributed by atoms with van der Waals surface area (Å²) in [5.41, 5.74) is 1.76. The first-order valence-electron chi connectivity index (χ1n) is 4.61. The highest BCUT2D eigenvalue weighted by molar-refractivity contribution is 5.72. The number of rotatable bonds is 5. The molecule has 0 aliphatic carbocycles. The number of carboxylic acids is 1. The monoisotopic (exact) mass is 210 g/mol. The van der Waals surface area contributed by atoms with E-state index in [2.05, 4.69) is 0 Å². The van der Waals surface area contributed by atoms with Crippen LogP contribution >= 0.6 is 0 Å². The molecule has 1 atom stereocenters. The van der Waals surface area contributed by atoms with Crippen LogP contribution in [0.4, 0.5) is 0 Å². The highest BCUT2D eigenvalue weighted by Gasteiger charge is 2.13. The molecule has 0 fully saturated rings. The van der Waals surface area contributed by atoms with E-state index >= 15 is 0 Å². The molecule has 1 aromatic carbocycles. The summed E-state index contributed by atoms with van der Waals surface area (Å²) >= 11 is 0. The van der Waals surface area contributed by atoms with Gasteiger partial charge in [0, 0.05) is 13.5 Å². The van der Waals surface area contributed by atoms with Gasteiger partial charge in [-0.1, -0.05) is 24.3 Å². The highest BCUT2D eigenvalue weighted by Crippen LogP contribution is 2.08. The van der Waals surface area contributed by atoms with E-state index in [9.17, 15) is 4.79 Å². The van der Waals surface area contributed by atoms with E-state index in [0.29, 0.717) is 6.61 Å². The summed E-state index contributed by atoms with van der Waals surface area (Å²) in [5, 5.41) is 17.7. The fourth-order valence-electron chi connectivity index (χ4n) is 1.32. The lowest BCUT2D eigenvalue weighted by Gasteiger charge is -2.07. The molecule has 2 N–H and O–H groups in total. The third-order valence-corrected chi connectivity index (χ3v) is 2.02. The molecule has 4 nitrogen and oxygen atoms in total. The second-order valence-corrected chi connectivity index (χ2v) is 3.31. The van der Waals surface area contributed by atoms with E-state index in [1.807, 2.05) is 18.2 Å². The summed E-state index contributed by atoms with van der Waals surface area (Å²) in [7, 11) is 1.60. The molecule has 15 heavy (non-hydrogen) atoms. The Morgan fingerprint density at radius 2 is 2.13 bits per heavy atom. The summed E-state index contributed by atoms with van der Waals surface area (Å²) in [6, 6.07) is 7.32. The number of aliphatic carboxylic acids is 1. The Balaban J connectivity index is 2.68. The molecule has 0 saturated heterocycles. The molecule has 0 aliphatic rings. The highest BCUT2D eigenvalue weighted by atomic mass is 16.5. The number of aliphatic hydroxyl groups is 1. The fraction of sp³-hybridized carbons (Fsp3) is 0.364. The van der Waals surface area contributed by atoms with Gasteiger partial charge < -0.3 is 14.9 Å². The van der Waals surface area contributed by atoms with Gasteiger partial charge in [-0.15, -0.1) is 0 Å². The number of hydrogen-bond acceptors (Lipinski definition) is 3. The van der Waals surface area contributed by atoms with Gasteiger partial charge in [-0.25, -0.2) is 4.79 Å². The molecule has 1 rings (SSSR count). The third kappa shape index (κ3) is 3.69. The van der Waals surface area contributed by atoms with E-state index in [4.69, 9.17) is 14.9 Å². The van der Waals surface area contributed by atoms with Crippen LogP contribution in [0, 0.1) is 0 Å². The molecule has 0 aromatic heterocycles. The lowest BCUT2D eigenvalue weighted by atomic mass is 10.1. The molecule has 0 aliphatic heterocycles. The summed E-state index contributed by atoms with van der Waals surface area (Å²) in [5.74, 6) is -1.20. The quantitative estimate of drug-likeness (QED) is 0.755. The van der Waals surface area contributed by atoms with Crippen molar-refractivity contribution in [3.05, 3.63) is 35.4 Å². The molecule has 1 unspecified atom stereocenters. The predicted molar refractivity (Wildman–Crippen MR) is 54.5 cm³/mol. The Labute approximate surface area is 88.1 Å². The molecule has 0 heterocycles. The average molecular weight is 210 g/mol. The van der Waals surface area contributed by atoms with Gasteiger partial charge in [0.15, 0.2) is 6.10 Å². The van der Waals surface area contributed by atoms with Crippen molar-refractivity contribution in [3.63, 3.8) is 0 Å². The lowest BCUT2D eigenvalue weighted by Crippen LogP contribution is -2.21. The van der Waals surface area contributed by atoms with Crippen molar-refractivity contribution in [2.45, 2.75) is 19.1 Å². The topological polar surface area (TPSA) is 66.8 Å². The number of carbonyl (C=O) groups is 1. The van der Waals surface area contributed by atoms with Gasteiger partial charge >= 0.3 is 5.97 Å². The minimum atomic E-state index is -1.34. The number of methoxy groups -OCH3 is 1. The van der Waals surface area contributed by atoms with Crippen molar-refractivity contribution in [2.75, 3.05) is 7.11 Å². The molecular weight excluding hydrogens is 196 g/mol. The summed E-state index contributed by atoms with van der Waals surface area (Å²) in [4.78, 5) is 10.4. The largest absolute Gasteiger partial charge is 0.479 e. The zero-order chi connectivity index (χ0) is 11.3. The van der Waals surface area contributed by atoms with Crippen LogP contribution < -0.4 is 0 Å². The normalized spacial score (nSPS) is 12.4. The zero-order valence-electron chi connectivity index (χ0n) is 8.51. The first-order chi connectivity index (χ1) is 7.13. The summed E-state index contributed by atoms with van der Waals surface area (Å²) in [6.07, 6.45) is -1.23. The molecule has 0 saturated carbocycles. The predicted octanol–water partition coefficient (Wildman–Crippen LogP) is 0.821. The van der Waals surface area contributed by atoms with E-state index in [0.717, 1.165) is 11.1 Å². The van der Waals surface area contributed by atoms with Crippen molar-refractivity contribution < 1.29 is 19.7 Å². The minimum absolute atomic E-state index is 0.118. The smallest absolute Gasteiger partial charge is 0.332 e. The Morgan fingerprint density at radius 3 is 2.73 bits per heavy atom. The maximum absolute atomic E-state index is 10.4. The van der Waals surface area contributed by atoms with Crippen LogP contribution in [0.2, 0.25) is 0 Å². The summed E-state index contributed by atoms with van der Waals surface area (Å²) in [6.45, 7) is 0.483. The maximum atomic E-state index is 10.4. The van der Waals surface area contributed by atoms with Crippen LogP contribution in [0.25, 0.3) is 0 Å². The van der Waals surface area contributed by atoms with Crippen LogP contribution in [0.1, 0.15) is 11.1 Å². The average Bonchev–Trinajstić information content (AvgIpc) is 2.18. The van der Waals surface area contributed by atoms with Crippen molar-refractivity contribution in [1.29, 1.82) is 0 Å². The Bertz CT molecular complexity index is 335. The number of hydrogen-bond donors (Lipinski definition) is 2. The molecule has 4 heteroatoms. The Kier molecular flexibility index (Phi) is 4.27. The van der Waals surface area contributed by atoms with Gasteiger partial charge in [0.2, 0.25) is 0 Å². The molecule has 0 amide bonds. The van der Waals surface area contributed by atoms with E-state index < -0.39 is 12.1 Å². The molecule has 0 bridgehead atoms. The SMILES string of the molecule is COCc1cccc(CC(O)C(=O)O)c1. The maximum Gasteiger partial charge on any atom is 0.332 e. The van der Waals surface area contributed by atoms with Gasteiger partial charge in [-0.2, -0.15) is 0 Å². The molecule has 0 radical (unpaired) electrons. The number of benzene rings is 1. The fourth-order valence-corrected chi connectivity index (χ4v) is 1.32. The van der Waals surface area contributed by atoms with Crippen molar-refractivity contribution >= 4 is 5.97 Å². The molecular formula is C11H14O4. The van der Waals surface area contributed by atoms with Crippen molar-refractivity contribution in [1.82, 2.24) is 0 Å². The van der Waals surface area contributed by atoms with Crippen LogP contribution in [0.5, 0.6) is 0 Å². The van der Waals surface area contributed by atoms with Crippen LogP contribution in [0.3, 0.4) is 0 Å². The molecule has 1 aromatic rings. The van der Waals surface area contributed by atoms with Gasteiger partial charge in [-0.05, 0) is 11.1 Å². The second kappa shape index (κ2) is 5.48. The van der Waals surface area contributed by atoms with Gasteiger partial charge in [0.25, 0.3) is 0 Å². The van der Waals surface area contributed by atoms with Crippen LogP contribution in [0.15, 0.2) is 24.3 Å². The minimum Gasteiger partial charge on any atom is -0.479 e.